The minimum absolute atomic E-state index is 0.0460. The first-order chi connectivity index (χ1) is 7.36. The number of carboxylic acids is 1. The minimum atomic E-state index is -1.05. The Balaban J connectivity index is 2.40. The van der Waals surface area contributed by atoms with Crippen LogP contribution in [-0.2, 0) is 10.2 Å². The highest BCUT2D eigenvalue weighted by Crippen LogP contribution is 2.50. The number of carboxylic acid groups (broad SMARTS) is 1. The molecule has 0 aliphatic heterocycles. The summed E-state index contributed by atoms with van der Waals surface area (Å²) in [4.78, 5) is 11.3. The fourth-order valence-electron chi connectivity index (χ4n) is 2.53. The van der Waals surface area contributed by atoms with E-state index in [2.05, 4.69) is 0 Å². The number of aromatic hydroxyl groups is 1. The van der Waals surface area contributed by atoms with Crippen molar-refractivity contribution in [3.8, 4) is 5.75 Å². The molecule has 1 aliphatic carbocycles. The average Bonchev–Trinajstić information content (AvgIpc) is 2.13. The van der Waals surface area contributed by atoms with Crippen molar-refractivity contribution in [1.29, 1.82) is 0 Å². The van der Waals surface area contributed by atoms with Gasteiger partial charge in [-0.05, 0) is 37.5 Å². The molecule has 0 heterocycles. The van der Waals surface area contributed by atoms with Gasteiger partial charge in [0.2, 0.25) is 0 Å². The van der Waals surface area contributed by atoms with E-state index in [1.54, 1.807) is 19.1 Å². The lowest BCUT2D eigenvalue weighted by molar-refractivity contribution is -0.162. The Morgan fingerprint density at radius 3 is 2.44 bits per heavy atom. The number of carbonyl (C=O) groups is 1. The highest BCUT2D eigenvalue weighted by Gasteiger charge is 2.57. The highest BCUT2D eigenvalue weighted by molar-refractivity contribution is 5.83. The topological polar surface area (TPSA) is 77.8 Å². The fourth-order valence-corrected chi connectivity index (χ4v) is 2.53. The third kappa shape index (κ3) is 1.55. The van der Waals surface area contributed by atoms with Crippen LogP contribution < -0.4 is 0 Å². The molecule has 4 nitrogen and oxygen atoms in total. The zero-order chi connectivity index (χ0) is 12.0. The van der Waals surface area contributed by atoms with E-state index in [1.807, 2.05) is 0 Å². The summed E-state index contributed by atoms with van der Waals surface area (Å²) in [6.07, 6.45) is 0.359. The Hall–Kier alpha value is -1.55. The molecule has 86 valence electrons. The van der Waals surface area contributed by atoms with Gasteiger partial charge in [-0.3, -0.25) is 4.79 Å². The zero-order valence-electron chi connectivity index (χ0n) is 8.97. The maximum absolute atomic E-state index is 11.3. The molecule has 0 radical (unpaired) electrons. The molecule has 0 bridgehead atoms. The van der Waals surface area contributed by atoms with Crippen LogP contribution in [0.2, 0.25) is 0 Å². The number of benzene rings is 1. The molecule has 0 saturated heterocycles. The minimum Gasteiger partial charge on any atom is -0.508 e. The predicted molar refractivity (Wildman–Crippen MR) is 57.3 cm³/mol. The number of phenolic OH excluding ortho intramolecular Hbond substituents is 1. The van der Waals surface area contributed by atoms with E-state index >= 15 is 0 Å². The van der Waals surface area contributed by atoms with Gasteiger partial charge in [0.15, 0.2) is 0 Å². The smallest absolute Gasteiger partial charge is 0.314 e. The van der Waals surface area contributed by atoms with Gasteiger partial charge in [0, 0.05) is 0 Å². The van der Waals surface area contributed by atoms with E-state index in [0.717, 1.165) is 0 Å². The van der Waals surface area contributed by atoms with E-state index in [4.69, 9.17) is 0 Å². The first-order valence-corrected chi connectivity index (χ1v) is 5.11. The number of hydrogen-bond acceptors (Lipinski definition) is 3. The zero-order valence-corrected chi connectivity index (χ0v) is 8.97. The number of rotatable bonds is 2. The molecule has 0 unspecified atom stereocenters. The Kier molecular flexibility index (Phi) is 2.20. The van der Waals surface area contributed by atoms with Crippen molar-refractivity contribution in [2.75, 3.05) is 0 Å². The molecule has 2 rings (SSSR count). The lowest BCUT2D eigenvalue weighted by Gasteiger charge is -2.49. The normalized spacial score (nSPS) is 33.1. The molecule has 0 aromatic heterocycles. The van der Waals surface area contributed by atoms with Crippen LogP contribution in [-0.4, -0.2) is 26.9 Å². The van der Waals surface area contributed by atoms with Gasteiger partial charge in [-0.25, -0.2) is 0 Å². The molecular formula is C12H14O4. The third-order valence-electron chi connectivity index (χ3n) is 3.17. The summed E-state index contributed by atoms with van der Waals surface area (Å²) >= 11 is 0. The molecule has 1 aliphatic rings. The molecule has 1 aromatic rings. The van der Waals surface area contributed by atoms with Crippen LogP contribution in [0.3, 0.4) is 0 Å². The average molecular weight is 222 g/mol. The largest absolute Gasteiger partial charge is 0.508 e. The van der Waals surface area contributed by atoms with Crippen LogP contribution in [0.4, 0.5) is 0 Å². The van der Waals surface area contributed by atoms with Crippen LogP contribution in [0.25, 0.3) is 0 Å². The summed E-state index contributed by atoms with van der Waals surface area (Å²) in [7, 11) is 0. The van der Waals surface area contributed by atoms with Gasteiger partial charge >= 0.3 is 5.97 Å². The summed E-state index contributed by atoms with van der Waals surface area (Å²) in [5.41, 5.74) is -1.43. The standard InChI is InChI=1S/C12H14O4/c1-11(16)6-12(7-11,10(14)15)8-3-2-4-9(13)5-8/h2-5,13,16H,6-7H2,1H3,(H,14,15). The number of hydrogen-bond donors (Lipinski definition) is 3. The van der Waals surface area contributed by atoms with Gasteiger partial charge in [-0.15, -0.1) is 0 Å². The molecule has 0 amide bonds. The van der Waals surface area contributed by atoms with Gasteiger partial charge in [0.05, 0.1) is 11.0 Å². The highest BCUT2D eigenvalue weighted by atomic mass is 16.4. The second kappa shape index (κ2) is 3.22. The van der Waals surface area contributed by atoms with Crippen molar-refractivity contribution in [2.45, 2.75) is 30.8 Å². The second-order valence-electron chi connectivity index (χ2n) is 4.79. The Morgan fingerprint density at radius 2 is 2.00 bits per heavy atom. The lowest BCUT2D eigenvalue weighted by atomic mass is 9.56. The van der Waals surface area contributed by atoms with Crippen LogP contribution >= 0.6 is 0 Å². The first-order valence-electron chi connectivity index (χ1n) is 5.11. The summed E-state index contributed by atoms with van der Waals surface area (Å²) < 4.78 is 0. The van der Waals surface area contributed by atoms with Crippen molar-refractivity contribution in [2.24, 2.45) is 0 Å². The Morgan fingerprint density at radius 1 is 1.38 bits per heavy atom. The Bertz CT molecular complexity index is 428. The van der Waals surface area contributed by atoms with E-state index in [0.29, 0.717) is 5.56 Å². The third-order valence-corrected chi connectivity index (χ3v) is 3.17. The summed E-state index contributed by atoms with van der Waals surface area (Å²) in [6, 6.07) is 6.23. The molecule has 1 saturated carbocycles. The molecule has 3 N–H and O–H groups in total. The molecule has 16 heavy (non-hydrogen) atoms. The maximum atomic E-state index is 11.3. The molecular weight excluding hydrogens is 208 g/mol. The van der Waals surface area contributed by atoms with Crippen molar-refractivity contribution < 1.29 is 20.1 Å². The number of aliphatic carboxylic acids is 1. The molecule has 0 spiro atoms. The van der Waals surface area contributed by atoms with Crippen molar-refractivity contribution in [3.63, 3.8) is 0 Å². The number of aliphatic hydroxyl groups is 1. The van der Waals surface area contributed by atoms with Crippen LogP contribution in [0.5, 0.6) is 5.75 Å². The summed E-state index contributed by atoms with van der Waals surface area (Å²) in [5, 5.41) is 28.3. The first kappa shape index (κ1) is 11.0. The van der Waals surface area contributed by atoms with Crippen molar-refractivity contribution in [3.05, 3.63) is 29.8 Å². The van der Waals surface area contributed by atoms with E-state index in [-0.39, 0.29) is 18.6 Å². The molecule has 1 fully saturated rings. The fraction of sp³-hybridized carbons (Fsp3) is 0.417. The quantitative estimate of drug-likeness (QED) is 0.704. The van der Waals surface area contributed by atoms with E-state index in [1.165, 1.54) is 12.1 Å². The van der Waals surface area contributed by atoms with Gasteiger partial charge in [0.25, 0.3) is 0 Å². The molecule has 1 aromatic carbocycles. The SMILES string of the molecule is CC1(O)CC(C(=O)O)(c2cccc(O)c2)C1. The predicted octanol–water partition coefficient (Wildman–Crippen LogP) is 1.26. The summed E-state index contributed by atoms with van der Waals surface area (Å²) in [6.45, 7) is 1.62. The monoisotopic (exact) mass is 222 g/mol. The van der Waals surface area contributed by atoms with Gasteiger partial charge in [-0.2, -0.15) is 0 Å². The van der Waals surface area contributed by atoms with Crippen LogP contribution in [0.15, 0.2) is 24.3 Å². The van der Waals surface area contributed by atoms with Crippen LogP contribution in [0.1, 0.15) is 25.3 Å². The van der Waals surface area contributed by atoms with Gasteiger partial charge in [0.1, 0.15) is 5.75 Å². The lowest BCUT2D eigenvalue weighted by Crippen LogP contribution is -2.57. The summed E-state index contributed by atoms with van der Waals surface area (Å²) in [5.74, 6) is -0.908. The van der Waals surface area contributed by atoms with E-state index < -0.39 is 17.0 Å². The van der Waals surface area contributed by atoms with Crippen molar-refractivity contribution in [1.82, 2.24) is 0 Å². The Labute approximate surface area is 93.2 Å². The van der Waals surface area contributed by atoms with E-state index in [9.17, 15) is 20.1 Å². The molecule has 0 atom stereocenters. The second-order valence-corrected chi connectivity index (χ2v) is 4.79. The van der Waals surface area contributed by atoms with Crippen molar-refractivity contribution >= 4 is 5.97 Å². The maximum Gasteiger partial charge on any atom is 0.314 e. The molecule has 4 heteroatoms. The van der Waals surface area contributed by atoms with Crippen LogP contribution in [0, 0.1) is 0 Å². The van der Waals surface area contributed by atoms with Gasteiger partial charge < -0.3 is 15.3 Å². The van der Waals surface area contributed by atoms with Gasteiger partial charge in [-0.1, -0.05) is 12.1 Å². The number of phenols is 1.